The normalized spacial score (nSPS) is 15.3. The van der Waals surface area contributed by atoms with Crippen LogP contribution in [0.5, 0.6) is 0 Å². The lowest BCUT2D eigenvalue weighted by molar-refractivity contribution is 0.508. The second-order valence-electron chi connectivity index (χ2n) is 3.41. The number of aromatic nitrogens is 3. The molecule has 1 N–H and O–H groups in total. The van der Waals surface area contributed by atoms with Crippen molar-refractivity contribution in [2.24, 2.45) is 0 Å². The summed E-state index contributed by atoms with van der Waals surface area (Å²) in [5.41, 5.74) is 1.15. The average Bonchev–Trinajstić information content (AvgIpc) is 2.83. The molecule has 2 aromatic rings. The Morgan fingerprint density at radius 2 is 2.40 bits per heavy atom. The number of fused-ring (bicyclic) bond motifs is 1. The first-order chi connectivity index (χ1) is 7.34. The summed E-state index contributed by atoms with van der Waals surface area (Å²) in [5.74, 6) is 2.01. The van der Waals surface area contributed by atoms with E-state index in [1.807, 2.05) is 0 Å². The van der Waals surface area contributed by atoms with Crippen molar-refractivity contribution in [2.75, 3.05) is 6.54 Å². The van der Waals surface area contributed by atoms with Crippen LogP contribution in [0, 0.1) is 0 Å². The molecule has 1 aliphatic rings. The molecule has 0 fully saturated rings. The van der Waals surface area contributed by atoms with Crippen LogP contribution < -0.4 is 5.32 Å². The second kappa shape index (κ2) is 3.70. The molecule has 0 saturated heterocycles. The maximum Gasteiger partial charge on any atom is 0.164 e. The number of halogens is 1. The fourth-order valence-electron chi connectivity index (χ4n) is 1.73. The Morgan fingerprint density at radius 3 is 3.20 bits per heavy atom. The van der Waals surface area contributed by atoms with E-state index in [1.54, 1.807) is 11.3 Å². The Labute approximate surface area is 99.5 Å². The number of nitrogens with zero attached hydrogens (tertiary/aromatic N) is 3. The van der Waals surface area contributed by atoms with E-state index in [-0.39, 0.29) is 0 Å². The molecule has 0 unspecified atom stereocenters. The highest BCUT2D eigenvalue weighted by Gasteiger charge is 2.16. The highest BCUT2D eigenvalue weighted by Crippen LogP contribution is 2.28. The molecule has 4 nitrogen and oxygen atoms in total. The van der Waals surface area contributed by atoms with Crippen molar-refractivity contribution in [2.45, 2.75) is 13.1 Å². The van der Waals surface area contributed by atoms with Crippen molar-refractivity contribution < 1.29 is 0 Å². The molecule has 0 saturated carbocycles. The predicted molar refractivity (Wildman–Crippen MR) is 62.7 cm³/mol. The summed E-state index contributed by atoms with van der Waals surface area (Å²) in [4.78, 5) is 0. The van der Waals surface area contributed by atoms with Gasteiger partial charge in [0.15, 0.2) is 5.82 Å². The Kier molecular flexibility index (Phi) is 2.34. The lowest BCUT2D eigenvalue weighted by Gasteiger charge is -2.15. The molecule has 0 spiro atoms. The van der Waals surface area contributed by atoms with Gasteiger partial charge in [-0.1, -0.05) is 0 Å². The number of rotatable bonds is 1. The Hall–Kier alpha value is -0.720. The van der Waals surface area contributed by atoms with Gasteiger partial charge in [0, 0.05) is 24.0 Å². The van der Waals surface area contributed by atoms with Gasteiger partial charge in [0.1, 0.15) is 5.82 Å². The fourth-order valence-corrected chi connectivity index (χ4v) is 2.87. The third kappa shape index (κ3) is 1.62. The van der Waals surface area contributed by atoms with Crippen molar-refractivity contribution in [1.82, 2.24) is 20.1 Å². The fraction of sp³-hybridized carbons (Fsp3) is 0.333. The zero-order valence-corrected chi connectivity index (χ0v) is 10.3. The van der Waals surface area contributed by atoms with Crippen LogP contribution in [-0.4, -0.2) is 21.3 Å². The van der Waals surface area contributed by atoms with E-state index >= 15 is 0 Å². The quantitative estimate of drug-likeness (QED) is 0.870. The first-order valence-electron chi connectivity index (χ1n) is 4.72. The van der Waals surface area contributed by atoms with Gasteiger partial charge in [0.25, 0.3) is 0 Å². The van der Waals surface area contributed by atoms with Gasteiger partial charge in [0.2, 0.25) is 0 Å². The minimum Gasteiger partial charge on any atom is -0.309 e. The highest BCUT2D eigenvalue weighted by atomic mass is 79.9. The zero-order chi connectivity index (χ0) is 10.3. The van der Waals surface area contributed by atoms with Gasteiger partial charge in [-0.05, 0) is 22.0 Å². The molecule has 0 radical (unpaired) electrons. The predicted octanol–water partition coefficient (Wildman–Crippen LogP) is 1.87. The molecule has 3 rings (SSSR count). The third-order valence-corrected chi connectivity index (χ3v) is 3.95. The molecule has 15 heavy (non-hydrogen) atoms. The molecule has 78 valence electrons. The van der Waals surface area contributed by atoms with Crippen LogP contribution in [-0.2, 0) is 13.1 Å². The topological polar surface area (TPSA) is 42.7 Å². The van der Waals surface area contributed by atoms with Gasteiger partial charge in [-0.15, -0.1) is 21.5 Å². The summed E-state index contributed by atoms with van der Waals surface area (Å²) >= 11 is 5.14. The molecule has 0 aliphatic carbocycles. The summed E-state index contributed by atoms with van der Waals surface area (Å²) in [6.07, 6.45) is 0. The molecule has 0 amide bonds. The molecule has 2 aromatic heterocycles. The third-order valence-electron chi connectivity index (χ3n) is 2.45. The molecule has 6 heteroatoms. The van der Waals surface area contributed by atoms with Gasteiger partial charge in [0.05, 0.1) is 10.3 Å². The summed E-state index contributed by atoms with van der Waals surface area (Å²) in [6.45, 7) is 2.76. The number of thiophene rings is 1. The van der Waals surface area contributed by atoms with Gasteiger partial charge < -0.3 is 9.88 Å². The van der Waals surface area contributed by atoms with Crippen LogP contribution in [0.1, 0.15) is 5.82 Å². The standard InChI is InChI=1S/C9H9BrN4S/c10-7-3-6(5-15-7)9-13-12-8-4-11-1-2-14(8)9/h3,5,11H,1-2,4H2. The Morgan fingerprint density at radius 1 is 1.47 bits per heavy atom. The van der Waals surface area contributed by atoms with Gasteiger partial charge in [-0.2, -0.15) is 0 Å². The largest absolute Gasteiger partial charge is 0.309 e. The maximum atomic E-state index is 4.24. The van der Waals surface area contributed by atoms with E-state index in [2.05, 4.69) is 47.5 Å². The molecule has 0 aromatic carbocycles. The minimum atomic E-state index is 0.818. The number of hydrogen-bond acceptors (Lipinski definition) is 4. The minimum absolute atomic E-state index is 0.818. The molecule has 0 bridgehead atoms. The van der Waals surface area contributed by atoms with Crippen molar-refractivity contribution in [1.29, 1.82) is 0 Å². The van der Waals surface area contributed by atoms with Crippen molar-refractivity contribution in [3.8, 4) is 11.4 Å². The van der Waals surface area contributed by atoms with Crippen LogP contribution >= 0.6 is 27.3 Å². The SMILES string of the molecule is Brc1cc(-c2nnc3n2CCNC3)cs1. The van der Waals surface area contributed by atoms with Crippen molar-refractivity contribution in [3.63, 3.8) is 0 Å². The van der Waals surface area contributed by atoms with E-state index in [4.69, 9.17) is 0 Å². The molecule has 1 aliphatic heterocycles. The molecule has 0 atom stereocenters. The maximum absolute atomic E-state index is 4.24. The lowest BCUT2D eigenvalue weighted by atomic mass is 10.3. The van der Waals surface area contributed by atoms with Crippen LogP contribution in [0.25, 0.3) is 11.4 Å². The van der Waals surface area contributed by atoms with E-state index in [9.17, 15) is 0 Å². The van der Waals surface area contributed by atoms with Gasteiger partial charge in [-0.3, -0.25) is 0 Å². The average molecular weight is 285 g/mol. The van der Waals surface area contributed by atoms with Crippen LogP contribution in [0.2, 0.25) is 0 Å². The first-order valence-corrected chi connectivity index (χ1v) is 6.39. The summed E-state index contributed by atoms with van der Waals surface area (Å²) < 4.78 is 3.31. The van der Waals surface area contributed by atoms with Crippen molar-refractivity contribution in [3.05, 3.63) is 21.1 Å². The number of nitrogens with one attached hydrogen (secondary N) is 1. The lowest BCUT2D eigenvalue weighted by Crippen LogP contribution is -2.28. The van der Waals surface area contributed by atoms with Gasteiger partial charge >= 0.3 is 0 Å². The summed E-state index contributed by atoms with van der Waals surface area (Å²) in [6, 6.07) is 2.09. The van der Waals surface area contributed by atoms with E-state index in [1.165, 1.54) is 0 Å². The zero-order valence-electron chi connectivity index (χ0n) is 7.90. The van der Waals surface area contributed by atoms with Gasteiger partial charge in [-0.25, -0.2) is 0 Å². The molecule has 3 heterocycles. The number of hydrogen-bond donors (Lipinski definition) is 1. The monoisotopic (exact) mass is 284 g/mol. The van der Waals surface area contributed by atoms with Crippen LogP contribution in [0.15, 0.2) is 15.2 Å². The second-order valence-corrected chi connectivity index (χ2v) is 5.70. The van der Waals surface area contributed by atoms with Crippen LogP contribution in [0.3, 0.4) is 0 Å². The Balaban J connectivity index is 2.08. The van der Waals surface area contributed by atoms with E-state index in [0.29, 0.717) is 0 Å². The summed E-state index contributed by atoms with van der Waals surface area (Å²) in [7, 11) is 0. The van der Waals surface area contributed by atoms with Crippen molar-refractivity contribution >= 4 is 27.3 Å². The Bertz CT molecular complexity index is 490. The summed E-state index contributed by atoms with van der Waals surface area (Å²) in [5, 5.41) is 13.8. The first kappa shape index (κ1) is 9.50. The van der Waals surface area contributed by atoms with E-state index < -0.39 is 0 Å². The smallest absolute Gasteiger partial charge is 0.164 e. The molecular formula is C9H9BrN4S. The highest BCUT2D eigenvalue weighted by molar-refractivity contribution is 9.11. The van der Waals surface area contributed by atoms with Crippen LogP contribution in [0.4, 0.5) is 0 Å². The van der Waals surface area contributed by atoms with E-state index in [0.717, 1.165) is 40.6 Å². The molecular weight excluding hydrogens is 276 g/mol.